The number of aromatic nitrogens is 4. The van der Waals surface area contributed by atoms with Gasteiger partial charge in [-0.05, 0) is 29.8 Å². The van der Waals surface area contributed by atoms with E-state index >= 15 is 0 Å². The molecular weight excluding hydrogens is 278 g/mol. The largest absolute Gasteiger partial charge is 0.306 e. The van der Waals surface area contributed by atoms with Crippen molar-refractivity contribution in [2.75, 3.05) is 5.32 Å². The summed E-state index contributed by atoms with van der Waals surface area (Å²) in [7, 11) is 0. The van der Waals surface area contributed by atoms with Crippen molar-refractivity contribution in [2.24, 2.45) is 0 Å². The summed E-state index contributed by atoms with van der Waals surface area (Å²) >= 11 is 5.67. The van der Waals surface area contributed by atoms with Gasteiger partial charge in [0.1, 0.15) is 11.3 Å². The zero-order valence-electron chi connectivity index (χ0n) is 10.1. The van der Waals surface area contributed by atoms with Gasteiger partial charge < -0.3 is 5.32 Å². The number of para-hydroxylation sites is 1. The van der Waals surface area contributed by atoms with Crippen molar-refractivity contribution in [1.82, 2.24) is 19.9 Å². The molecule has 7 heteroatoms. The summed E-state index contributed by atoms with van der Waals surface area (Å²) in [4.78, 5) is 28.2. The molecule has 0 unspecified atom stereocenters. The van der Waals surface area contributed by atoms with Crippen LogP contribution in [0, 0.1) is 0 Å². The molecular formula is C13H8ClN5O. The van der Waals surface area contributed by atoms with E-state index in [-0.39, 0.29) is 11.2 Å². The minimum atomic E-state index is -0.328. The normalized spacial score (nSPS) is 10.4. The molecule has 2 aromatic heterocycles. The molecule has 2 heterocycles. The average molecular weight is 286 g/mol. The maximum atomic E-state index is 12.3. The predicted octanol–water partition coefficient (Wildman–Crippen LogP) is 2.33. The molecule has 3 aromatic rings. The number of nitrogens with zero attached hydrogens (tertiary/aromatic N) is 4. The van der Waals surface area contributed by atoms with E-state index in [1.54, 1.807) is 36.7 Å². The second kappa shape index (κ2) is 5.18. The van der Waals surface area contributed by atoms with E-state index in [9.17, 15) is 4.79 Å². The fourth-order valence-electron chi connectivity index (χ4n) is 1.76. The molecule has 0 aliphatic carbocycles. The van der Waals surface area contributed by atoms with Crippen LogP contribution >= 0.6 is 11.6 Å². The van der Waals surface area contributed by atoms with Crippen molar-refractivity contribution in [3.8, 4) is 0 Å². The van der Waals surface area contributed by atoms with Gasteiger partial charge in [-0.2, -0.15) is 0 Å². The first-order chi connectivity index (χ1) is 9.74. The number of amides is 1. The van der Waals surface area contributed by atoms with Gasteiger partial charge in [-0.25, -0.2) is 9.97 Å². The van der Waals surface area contributed by atoms with Crippen molar-refractivity contribution in [3.05, 3.63) is 53.7 Å². The molecule has 6 nitrogen and oxygen atoms in total. The summed E-state index contributed by atoms with van der Waals surface area (Å²) in [6.07, 6.45) is 4.59. The van der Waals surface area contributed by atoms with E-state index in [1.165, 1.54) is 6.20 Å². The zero-order chi connectivity index (χ0) is 13.9. The van der Waals surface area contributed by atoms with Crippen molar-refractivity contribution >= 4 is 34.4 Å². The molecule has 0 fully saturated rings. The van der Waals surface area contributed by atoms with Crippen molar-refractivity contribution in [1.29, 1.82) is 0 Å². The third-order valence-electron chi connectivity index (χ3n) is 2.61. The van der Waals surface area contributed by atoms with Crippen LogP contribution in [0.25, 0.3) is 11.0 Å². The molecule has 0 bridgehead atoms. The molecule has 0 saturated carbocycles. The summed E-state index contributed by atoms with van der Waals surface area (Å²) in [5.41, 5.74) is 1.61. The van der Waals surface area contributed by atoms with Crippen LogP contribution in [0.5, 0.6) is 0 Å². The zero-order valence-corrected chi connectivity index (χ0v) is 10.9. The standard InChI is InChI=1S/C13H8ClN5O/c14-13-17-5-4-10(19-13)18-12(20)8-2-1-3-9-11(8)16-7-6-15-9/h1-7H,(H,17,18,19,20). The third kappa shape index (κ3) is 2.41. The first kappa shape index (κ1) is 12.4. The average Bonchev–Trinajstić information content (AvgIpc) is 2.46. The number of anilines is 1. The van der Waals surface area contributed by atoms with E-state index in [4.69, 9.17) is 11.6 Å². The Morgan fingerprint density at radius 3 is 2.75 bits per heavy atom. The summed E-state index contributed by atoms with van der Waals surface area (Å²) in [5.74, 6) is 0.00163. The first-order valence-corrected chi connectivity index (χ1v) is 6.11. The number of rotatable bonds is 2. The maximum absolute atomic E-state index is 12.3. The molecule has 1 aromatic carbocycles. The van der Waals surface area contributed by atoms with E-state index < -0.39 is 0 Å². The highest BCUT2D eigenvalue weighted by atomic mass is 35.5. The number of benzene rings is 1. The maximum Gasteiger partial charge on any atom is 0.259 e. The Morgan fingerprint density at radius 2 is 1.90 bits per heavy atom. The van der Waals surface area contributed by atoms with Gasteiger partial charge in [0.05, 0.1) is 11.1 Å². The van der Waals surface area contributed by atoms with Gasteiger partial charge in [-0.3, -0.25) is 14.8 Å². The molecule has 1 amide bonds. The number of carbonyl (C=O) groups is 1. The lowest BCUT2D eigenvalue weighted by Crippen LogP contribution is -2.14. The van der Waals surface area contributed by atoms with Crippen molar-refractivity contribution < 1.29 is 4.79 Å². The lowest BCUT2D eigenvalue weighted by atomic mass is 10.1. The van der Waals surface area contributed by atoms with Crippen LogP contribution in [0.15, 0.2) is 42.9 Å². The highest BCUT2D eigenvalue weighted by Crippen LogP contribution is 2.15. The van der Waals surface area contributed by atoms with Crippen molar-refractivity contribution in [3.63, 3.8) is 0 Å². The lowest BCUT2D eigenvalue weighted by molar-refractivity contribution is 0.102. The third-order valence-corrected chi connectivity index (χ3v) is 2.79. The topological polar surface area (TPSA) is 80.7 Å². The number of halogens is 1. The van der Waals surface area contributed by atoms with Crippen LogP contribution in [-0.4, -0.2) is 25.8 Å². The number of fused-ring (bicyclic) bond motifs is 1. The molecule has 0 radical (unpaired) electrons. The minimum absolute atomic E-state index is 0.0699. The fraction of sp³-hybridized carbons (Fsp3) is 0. The SMILES string of the molecule is O=C(Nc1ccnc(Cl)n1)c1cccc2nccnc12. The quantitative estimate of drug-likeness (QED) is 0.731. The van der Waals surface area contributed by atoms with Gasteiger partial charge in [0, 0.05) is 18.6 Å². The smallest absolute Gasteiger partial charge is 0.259 e. The van der Waals surface area contributed by atoms with Gasteiger partial charge in [-0.1, -0.05) is 6.07 Å². The van der Waals surface area contributed by atoms with Gasteiger partial charge in [-0.15, -0.1) is 0 Å². The summed E-state index contributed by atoms with van der Waals surface area (Å²) in [6.45, 7) is 0. The fourth-order valence-corrected chi connectivity index (χ4v) is 1.91. The molecule has 0 aliphatic rings. The molecule has 0 spiro atoms. The predicted molar refractivity (Wildman–Crippen MR) is 74.5 cm³/mol. The molecule has 0 saturated heterocycles. The Bertz CT molecular complexity index is 787. The van der Waals surface area contributed by atoms with Crippen LogP contribution in [0.1, 0.15) is 10.4 Å². The molecule has 3 rings (SSSR count). The Hall–Kier alpha value is -2.60. The Labute approximate surface area is 118 Å². The van der Waals surface area contributed by atoms with Crippen LogP contribution in [0.2, 0.25) is 5.28 Å². The van der Waals surface area contributed by atoms with E-state index in [2.05, 4.69) is 25.3 Å². The molecule has 20 heavy (non-hydrogen) atoms. The van der Waals surface area contributed by atoms with Gasteiger partial charge in [0.25, 0.3) is 5.91 Å². The summed E-state index contributed by atoms with van der Waals surface area (Å²) < 4.78 is 0. The lowest BCUT2D eigenvalue weighted by Gasteiger charge is -2.06. The van der Waals surface area contributed by atoms with Crippen LogP contribution < -0.4 is 5.32 Å². The van der Waals surface area contributed by atoms with Crippen LogP contribution in [0.4, 0.5) is 5.82 Å². The van der Waals surface area contributed by atoms with Crippen LogP contribution in [0.3, 0.4) is 0 Å². The Morgan fingerprint density at radius 1 is 1.05 bits per heavy atom. The Kier molecular flexibility index (Phi) is 3.22. The second-order valence-corrected chi connectivity index (χ2v) is 4.23. The first-order valence-electron chi connectivity index (χ1n) is 5.74. The molecule has 0 atom stereocenters. The van der Waals surface area contributed by atoms with Crippen molar-refractivity contribution in [2.45, 2.75) is 0 Å². The second-order valence-electron chi connectivity index (χ2n) is 3.89. The van der Waals surface area contributed by atoms with Gasteiger partial charge in [0.15, 0.2) is 0 Å². The molecule has 1 N–H and O–H groups in total. The van der Waals surface area contributed by atoms with Gasteiger partial charge in [0.2, 0.25) is 5.28 Å². The van der Waals surface area contributed by atoms with Gasteiger partial charge >= 0.3 is 0 Å². The molecule has 98 valence electrons. The van der Waals surface area contributed by atoms with Crippen LogP contribution in [-0.2, 0) is 0 Å². The highest BCUT2D eigenvalue weighted by Gasteiger charge is 2.12. The monoisotopic (exact) mass is 285 g/mol. The highest BCUT2D eigenvalue weighted by molar-refractivity contribution is 6.28. The summed E-state index contributed by atoms with van der Waals surface area (Å²) in [5, 5.41) is 2.72. The summed E-state index contributed by atoms with van der Waals surface area (Å²) in [6, 6.07) is 6.77. The Balaban J connectivity index is 1.97. The van der Waals surface area contributed by atoms with E-state index in [1.807, 2.05) is 0 Å². The van der Waals surface area contributed by atoms with E-state index in [0.29, 0.717) is 22.4 Å². The number of nitrogens with one attached hydrogen (secondary N) is 1. The number of carbonyl (C=O) groups excluding carboxylic acids is 1. The molecule has 0 aliphatic heterocycles. The number of hydrogen-bond donors (Lipinski definition) is 1. The minimum Gasteiger partial charge on any atom is -0.306 e. The number of hydrogen-bond acceptors (Lipinski definition) is 5. The van der Waals surface area contributed by atoms with E-state index in [0.717, 1.165) is 0 Å².